The number of hydrogen-bond acceptors (Lipinski definition) is 3. The zero-order chi connectivity index (χ0) is 16.5. The summed E-state index contributed by atoms with van der Waals surface area (Å²) in [6.07, 6.45) is 9.01. The number of aromatic nitrogens is 2. The number of aliphatic hydroxyl groups excluding tert-OH is 1. The van der Waals surface area contributed by atoms with Gasteiger partial charge in [0.1, 0.15) is 0 Å². The Morgan fingerprint density at radius 3 is 2.83 bits per heavy atom. The van der Waals surface area contributed by atoms with Crippen molar-refractivity contribution in [2.45, 2.75) is 57.3 Å². The maximum Gasteiger partial charge on any atom is 0.0956 e. The van der Waals surface area contributed by atoms with Crippen LogP contribution in [0.2, 0.25) is 0 Å². The Bertz CT molecular complexity index is 688. The second kappa shape index (κ2) is 6.69. The lowest BCUT2D eigenvalue weighted by Gasteiger charge is -2.32. The molecular weight excluding hydrogens is 300 g/mol. The van der Waals surface area contributed by atoms with Gasteiger partial charge in [-0.25, -0.2) is 4.98 Å². The fourth-order valence-electron chi connectivity index (χ4n) is 4.47. The van der Waals surface area contributed by atoms with E-state index in [2.05, 4.69) is 40.7 Å². The Hall–Kier alpha value is -1.65. The van der Waals surface area contributed by atoms with E-state index in [1.165, 1.54) is 16.8 Å². The van der Waals surface area contributed by atoms with Crippen LogP contribution in [-0.4, -0.2) is 33.5 Å². The van der Waals surface area contributed by atoms with Gasteiger partial charge in [-0.15, -0.1) is 0 Å². The summed E-state index contributed by atoms with van der Waals surface area (Å²) in [4.78, 5) is 4.31. The highest BCUT2D eigenvalue weighted by Crippen LogP contribution is 2.42. The van der Waals surface area contributed by atoms with Gasteiger partial charge in [0.05, 0.1) is 36.5 Å². The van der Waals surface area contributed by atoms with E-state index in [1.807, 2.05) is 12.5 Å². The van der Waals surface area contributed by atoms with E-state index in [0.717, 1.165) is 38.7 Å². The molecule has 1 N–H and O–H groups in total. The van der Waals surface area contributed by atoms with Gasteiger partial charge in [-0.2, -0.15) is 0 Å². The van der Waals surface area contributed by atoms with Crippen molar-refractivity contribution in [1.82, 2.24) is 9.55 Å². The monoisotopic (exact) mass is 326 g/mol. The lowest BCUT2D eigenvalue weighted by molar-refractivity contribution is -0.00360. The second-order valence-corrected chi connectivity index (χ2v) is 7.08. The summed E-state index contributed by atoms with van der Waals surface area (Å²) in [6.45, 7) is 2.85. The summed E-state index contributed by atoms with van der Waals surface area (Å²) in [6, 6.07) is 8.71. The minimum Gasteiger partial charge on any atom is -0.393 e. The van der Waals surface area contributed by atoms with Crippen LogP contribution in [0.4, 0.5) is 0 Å². The van der Waals surface area contributed by atoms with Gasteiger partial charge >= 0.3 is 0 Å². The molecule has 4 nitrogen and oxygen atoms in total. The molecule has 24 heavy (non-hydrogen) atoms. The van der Waals surface area contributed by atoms with Gasteiger partial charge in [0.15, 0.2) is 0 Å². The summed E-state index contributed by atoms with van der Waals surface area (Å²) >= 11 is 0. The molecule has 128 valence electrons. The van der Waals surface area contributed by atoms with Crippen LogP contribution in [0.15, 0.2) is 36.8 Å². The van der Waals surface area contributed by atoms with E-state index < -0.39 is 0 Å². The molecular formula is C20H26N2O2. The molecule has 0 radical (unpaired) electrons. The zero-order valence-electron chi connectivity index (χ0n) is 14.3. The molecule has 0 amide bonds. The molecule has 2 unspecified atom stereocenters. The number of aliphatic hydroxyl groups is 1. The first kappa shape index (κ1) is 15.9. The highest BCUT2D eigenvalue weighted by atomic mass is 16.5. The zero-order valence-corrected chi connectivity index (χ0v) is 14.3. The average Bonchev–Trinajstić information content (AvgIpc) is 3.19. The molecule has 1 aromatic carbocycles. The fraction of sp³-hybridized carbons (Fsp3) is 0.550. The molecule has 2 atom stereocenters. The van der Waals surface area contributed by atoms with E-state index in [0.29, 0.717) is 12.0 Å². The van der Waals surface area contributed by atoms with E-state index >= 15 is 0 Å². The third-order valence-corrected chi connectivity index (χ3v) is 5.73. The first-order valence-electron chi connectivity index (χ1n) is 9.18. The summed E-state index contributed by atoms with van der Waals surface area (Å²) in [7, 11) is 0. The van der Waals surface area contributed by atoms with Crippen molar-refractivity contribution in [2.75, 3.05) is 6.61 Å². The molecule has 2 heterocycles. The minimum absolute atomic E-state index is 0.207. The Morgan fingerprint density at radius 2 is 2.04 bits per heavy atom. The number of benzene rings is 1. The van der Waals surface area contributed by atoms with E-state index in [-0.39, 0.29) is 12.1 Å². The fourth-order valence-corrected chi connectivity index (χ4v) is 4.47. The van der Waals surface area contributed by atoms with Gasteiger partial charge in [0.2, 0.25) is 0 Å². The molecule has 1 aromatic heterocycles. The van der Waals surface area contributed by atoms with E-state index in [1.54, 1.807) is 0 Å². The lowest BCUT2D eigenvalue weighted by Crippen LogP contribution is -2.30. The van der Waals surface area contributed by atoms with Crippen LogP contribution in [0.3, 0.4) is 0 Å². The normalized spacial score (nSPS) is 26.8. The standard InChI is InChI=1S/C20H26N2O2/c1-2-24-15-9-7-14(8-10-15)20(23)11-18-16-5-3-4-6-17(16)19-12-21-13-22(18)19/h3-6,12-15,18,20,23H,2,7-11H2,1H3. The molecule has 2 aromatic rings. The van der Waals surface area contributed by atoms with Crippen molar-refractivity contribution in [3.05, 3.63) is 42.4 Å². The number of nitrogens with zero attached hydrogens (tertiary/aromatic N) is 2. The summed E-state index contributed by atoms with van der Waals surface area (Å²) in [5.41, 5.74) is 3.74. The van der Waals surface area contributed by atoms with Gasteiger partial charge in [-0.05, 0) is 50.5 Å². The van der Waals surface area contributed by atoms with Gasteiger partial charge < -0.3 is 14.4 Å². The van der Waals surface area contributed by atoms with Crippen molar-refractivity contribution in [3.8, 4) is 11.3 Å². The van der Waals surface area contributed by atoms with Crippen LogP contribution in [0.5, 0.6) is 0 Å². The Balaban J connectivity index is 1.46. The third kappa shape index (κ3) is 2.78. The number of fused-ring (bicyclic) bond motifs is 3. The minimum atomic E-state index is -0.265. The smallest absolute Gasteiger partial charge is 0.0956 e. The molecule has 1 fully saturated rings. The van der Waals surface area contributed by atoms with Crippen LogP contribution in [-0.2, 0) is 4.74 Å². The molecule has 1 aliphatic carbocycles. The summed E-state index contributed by atoms with van der Waals surface area (Å²) < 4.78 is 7.95. The molecule has 1 saturated carbocycles. The van der Waals surface area contributed by atoms with Crippen molar-refractivity contribution in [2.24, 2.45) is 5.92 Å². The maximum absolute atomic E-state index is 10.9. The predicted octanol–water partition coefficient (Wildman–Crippen LogP) is 3.80. The average molecular weight is 326 g/mol. The van der Waals surface area contributed by atoms with Gasteiger partial charge in [0.25, 0.3) is 0 Å². The SMILES string of the molecule is CCOC1CCC(C(O)CC2c3ccccc3-c3cncn32)CC1. The quantitative estimate of drug-likeness (QED) is 0.909. The second-order valence-electron chi connectivity index (χ2n) is 7.08. The van der Waals surface area contributed by atoms with Gasteiger partial charge in [-0.1, -0.05) is 24.3 Å². The number of rotatable bonds is 5. The van der Waals surface area contributed by atoms with Crippen molar-refractivity contribution < 1.29 is 9.84 Å². The maximum atomic E-state index is 10.9. The molecule has 4 heteroatoms. The number of imidazole rings is 1. The van der Waals surface area contributed by atoms with Crippen LogP contribution in [0, 0.1) is 5.92 Å². The first-order valence-corrected chi connectivity index (χ1v) is 9.18. The molecule has 2 aliphatic rings. The topological polar surface area (TPSA) is 47.3 Å². The van der Waals surface area contributed by atoms with E-state index in [9.17, 15) is 5.11 Å². The Labute approximate surface area is 143 Å². The van der Waals surface area contributed by atoms with Crippen LogP contribution in [0.1, 0.15) is 50.6 Å². The Kier molecular flexibility index (Phi) is 4.42. The third-order valence-electron chi connectivity index (χ3n) is 5.73. The molecule has 4 rings (SSSR count). The van der Waals surface area contributed by atoms with Crippen LogP contribution < -0.4 is 0 Å². The van der Waals surface area contributed by atoms with Gasteiger partial charge in [0, 0.05) is 12.2 Å². The molecule has 0 spiro atoms. The summed E-state index contributed by atoms with van der Waals surface area (Å²) in [5.74, 6) is 0.390. The highest BCUT2D eigenvalue weighted by molar-refractivity contribution is 5.68. The largest absolute Gasteiger partial charge is 0.393 e. The van der Waals surface area contributed by atoms with Crippen LogP contribution >= 0.6 is 0 Å². The molecule has 1 aliphatic heterocycles. The van der Waals surface area contributed by atoms with Crippen molar-refractivity contribution >= 4 is 0 Å². The van der Waals surface area contributed by atoms with Gasteiger partial charge in [-0.3, -0.25) is 0 Å². The first-order chi connectivity index (χ1) is 11.8. The van der Waals surface area contributed by atoms with E-state index in [4.69, 9.17) is 4.74 Å². The van der Waals surface area contributed by atoms with Crippen molar-refractivity contribution in [1.29, 1.82) is 0 Å². The Morgan fingerprint density at radius 1 is 1.25 bits per heavy atom. The predicted molar refractivity (Wildman–Crippen MR) is 93.8 cm³/mol. The van der Waals surface area contributed by atoms with Crippen LogP contribution in [0.25, 0.3) is 11.3 Å². The number of hydrogen-bond donors (Lipinski definition) is 1. The molecule has 0 saturated heterocycles. The lowest BCUT2D eigenvalue weighted by atomic mass is 9.81. The van der Waals surface area contributed by atoms with Crippen molar-refractivity contribution in [3.63, 3.8) is 0 Å². The highest BCUT2D eigenvalue weighted by Gasteiger charge is 2.33. The molecule has 0 bridgehead atoms. The number of ether oxygens (including phenoxy) is 1. The summed E-state index contributed by atoms with van der Waals surface area (Å²) in [5, 5.41) is 10.9.